The molecule has 4 rings (SSSR count). The molecule has 2 unspecified atom stereocenters. The first-order valence-electron chi connectivity index (χ1n) is 10.2. The summed E-state index contributed by atoms with van der Waals surface area (Å²) in [5.41, 5.74) is 1.74. The van der Waals surface area contributed by atoms with Crippen LogP contribution in [0, 0.1) is 0 Å². The molecule has 30 heavy (non-hydrogen) atoms. The summed E-state index contributed by atoms with van der Waals surface area (Å²) >= 11 is 3.52. The van der Waals surface area contributed by atoms with Crippen molar-refractivity contribution in [1.82, 2.24) is 4.90 Å². The third-order valence-corrected chi connectivity index (χ3v) is 6.24. The molecule has 2 atom stereocenters. The van der Waals surface area contributed by atoms with Crippen LogP contribution in [0.2, 0.25) is 0 Å². The maximum Gasteiger partial charge on any atom is 0.267 e. The molecule has 1 fully saturated rings. The number of halogens is 1. The number of ether oxygens (including phenoxy) is 2. The van der Waals surface area contributed by atoms with Crippen molar-refractivity contribution >= 4 is 33.4 Å². The van der Waals surface area contributed by atoms with E-state index in [1.807, 2.05) is 47.4 Å². The lowest BCUT2D eigenvalue weighted by Gasteiger charge is -2.33. The van der Waals surface area contributed by atoms with Crippen LogP contribution in [0.3, 0.4) is 0 Å². The number of hydrogen-bond acceptors (Lipinski definition) is 4. The Bertz CT molecular complexity index is 964. The van der Waals surface area contributed by atoms with Crippen molar-refractivity contribution in [3.63, 3.8) is 0 Å². The average molecular weight is 473 g/mol. The maximum absolute atomic E-state index is 13.2. The number of methoxy groups -OCH3 is 1. The lowest BCUT2D eigenvalue weighted by molar-refractivity contribution is -0.132. The predicted molar refractivity (Wildman–Crippen MR) is 118 cm³/mol. The molecule has 158 valence electrons. The minimum atomic E-state index is -0.555. The lowest BCUT2D eigenvalue weighted by atomic mass is 10.0. The number of amides is 2. The molecule has 2 aromatic rings. The van der Waals surface area contributed by atoms with Crippen LogP contribution in [0.4, 0.5) is 5.69 Å². The summed E-state index contributed by atoms with van der Waals surface area (Å²) < 4.78 is 12.2. The second kappa shape index (κ2) is 8.68. The third-order valence-electron chi connectivity index (χ3n) is 5.75. The Balaban J connectivity index is 1.50. The standard InChI is InChI=1S/C23H25BrN2O4/c1-15-23(28)26(19-6-3-4-8-21(19)30-15)13-11-22(27)25-12-5-7-18(25)17-14-16(24)9-10-20(17)29-2/h3-4,6,8-10,14-15,18H,5,7,11-13H2,1-2H3. The molecule has 0 aromatic heterocycles. The third kappa shape index (κ3) is 3.90. The highest BCUT2D eigenvalue weighted by molar-refractivity contribution is 9.10. The van der Waals surface area contributed by atoms with Gasteiger partial charge in [0, 0.05) is 29.5 Å². The molecule has 0 bridgehead atoms. The molecular formula is C23H25BrN2O4. The second-order valence-corrected chi connectivity index (χ2v) is 8.51. The van der Waals surface area contributed by atoms with Crippen molar-refractivity contribution in [2.75, 3.05) is 25.1 Å². The van der Waals surface area contributed by atoms with Gasteiger partial charge in [0.15, 0.2) is 6.10 Å². The Morgan fingerprint density at radius 2 is 2.07 bits per heavy atom. The zero-order chi connectivity index (χ0) is 21.3. The van der Waals surface area contributed by atoms with E-state index in [1.54, 1.807) is 18.9 Å². The van der Waals surface area contributed by atoms with Crippen LogP contribution < -0.4 is 14.4 Å². The number of fused-ring (bicyclic) bond motifs is 1. The number of carbonyl (C=O) groups is 2. The second-order valence-electron chi connectivity index (χ2n) is 7.60. The number of likely N-dealkylation sites (tertiary alicyclic amines) is 1. The molecule has 2 aliphatic rings. The first kappa shape index (κ1) is 20.7. The van der Waals surface area contributed by atoms with Gasteiger partial charge < -0.3 is 19.3 Å². The Morgan fingerprint density at radius 3 is 2.87 bits per heavy atom. The lowest BCUT2D eigenvalue weighted by Crippen LogP contribution is -2.46. The summed E-state index contributed by atoms with van der Waals surface area (Å²) in [6.45, 7) is 2.79. The molecule has 2 amide bonds. The van der Waals surface area contributed by atoms with Crippen molar-refractivity contribution in [3.8, 4) is 11.5 Å². The maximum atomic E-state index is 13.2. The molecular weight excluding hydrogens is 448 g/mol. The van der Waals surface area contributed by atoms with Gasteiger partial charge in [-0.25, -0.2) is 0 Å². The normalized spacial score (nSPS) is 20.7. The molecule has 0 aliphatic carbocycles. The summed E-state index contributed by atoms with van der Waals surface area (Å²) in [4.78, 5) is 29.4. The van der Waals surface area contributed by atoms with Crippen LogP contribution in [-0.2, 0) is 9.59 Å². The van der Waals surface area contributed by atoms with Crippen LogP contribution in [0.5, 0.6) is 11.5 Å². The Kier molecular flexibility index (Phi) is 5.99. The van der Waals surface area contributed by atoms with E-state index in [0.29, 0.717) is 18.8 Å². The topological polar surface area (TPSA) is 59.1 Å². The van der Waals surface area contributed by atoms with Crippen molar-refractivity contribution in [2.24, 2.45) is 0 Å². The van der Waals surface area contributed by atoms with Crippen molar-refractivity contribution in [3.05, 3.63) is 52.5 Å². The summed E-state index contributed by atoms with van der Waals surface area (Å²) in [7, 11) is 1.65. The van der Waals surface area contributed by atoms with Crippen LogP contribution in [0.25, 0.3) is 0 Å². The monoisotopic (exact) mass is 472 g/mol. The fourth-order valence-corrected chi connectivity index (χ4v) is 4.67. The minimum absolute atomic E-state index is 0.0171. The van der Waals surface area contributed by atoms with Crippen molar-refractivity contribution < 1.29 is 19.1 Å². The number of hydrogen-bond donors (Lipinski definition) is 0. The van der Waals surface area contributed by atoms with Gasteiger partial charge in [-0.15, -0.1) is 0 Å². The van der Waals surface area contributed by atoms with Gasteiger partial charge in [-0.3, -0.25) is 9.59 Å². The summed E-state index contributed by atoms with van der Waals surface area (Å²) in [5, 5.41) is 0. The number of benzene rings is 2. The number of rotatable bonds is 5. The van der Waals surface area contributed by atoms with Crippen LogP contribution in [-0.4, -0.2) is 43.0 Å². The van der Waals surface area contributed by atoms with E-state index in [-0.39, 0.29) is 24.3 Å². The highest BCUT2D eigenvalue weighted by Gasteiger charge is 2.34. The molecule has 2 aromatic carbocycles. The molecule has 6 nitrogen and oxygen atoms in total. The van der Waals surface area contributed by atoms with Gasteiger partial charge in [-0.2, -0.15) is 0 Å². The van der Waals surface area contributed by atoms with Gasteiger partial charge in [0.05, 0.1) is 18.8 Å². The summed E-state index contributed by atoms with van der Waals surface area (Å²) in [6.07, 6.45) is 1.55. The van der Waals surface area contributed by atoms with Gasteiger partial charge >= 0.3 is 0 Å². The van der Waals surface area contributed by atoms with Crippen molar-refractivity contribution in [1.29, 1.82) is 0 Å². The minimum Gasteiger partial charge on any atom is -0.496 e. The summed E-state index contributed by atoms with van der Waals surface area (Å²) in [5.74, 6) is 1.39. The number of carbonyl (C=O) groups excluding carboxylic acids is 2. The zero-order valence-electron chi connectivity index (χ0n) is 17.1. The predicted octanol–water partition coefficient (Wildman–Crippen LogP) is 4.33. The SMILES string of the molecule is COc1ccc(Br)cc1C1CCCN1C(=O)CCN1C(=O)C(C)Oc2ccccc21. The van der Waals surface area contributed by atoms with E-state index in [1.165, 1.54) is 0 Å². The smallest absolute Gasteiger partial charge is 0.267 e. The molecule has 0 spiro atoms. The average Bonchev–Trinajstić information content (AvgIpc) is 3.24. The van der Waals surface area contributed by atoms with Gasteiger partial charge in [0.1, 0.15) is 11.5 Å². The van der Waals surface area contributed by atoms with Gasteiger partial charge in [-0.1, -0.05) is 28.1 Å². The molecule has 1 saturated heterocycles. The molecule has 2 aliphatic heterocycles. The fourth-order valence-electron chi connectivity index (χ4n) is 4.29. The Labute approximate surface area is 184 Å². The summed E-state index contributed by atoms with van der Waals surface area (Å²) in [6, 6.07) is 13.3. The number of anilines is 1. The van der Waals surface area contributed by atoms with Crippen LogP contribution >= 0.6 is 15.9 Å². The first-order chi connectivity index (χ1) is 14.5. The van der Waals surface area contributed by atoms with Crippen LogP contribution in [0.1, 0.15) is 37.8 Å². The van der Waals surface area contributed by atoms with E-state index >= 15 is 0 Å². The highest BCUT2D eigenvalue weighted by Crippen LogP contribution is 2.39. The quantitative estimate of drug-likeness (QED) is 0.649. The zero-order valence-corrected chi connectivity index (χ0v) is 18.7. The van der Waals surface area contributed by atoms with Gasteiger partial charge in [0.2, 0.25) is 5.91 Å². The van der Waals surface area contributed by atoms with Gasteiger partial charge in [-0.05, 0) is 50.1 Å². The van der Waals surface area contributed by atoms with Crippen LogP contribution in [0.15, 0.2) is 46.9 Å². The van der Waals surface area contributed by atoms with E-state index in [9.17, 15) is 9.59 Å². The Morgan fingerprint density at radius 1 is 1.27 bits per heavy atom. The molecule has 0 saturated carbocycles. The van der Waals surface area contributed by atoms with Gasteiger partial charge in [0.25, 0.3) is 5.91 Å². The molecule has 7 heteroatoms. The van der Waals surface area contributed by atoms with E-state index in [4.69, 9.17) is 9.47 Å². The molecule has 2 heterocycles. The van der Waals surface area contributed by atoms with E-state index in [2.05, 4.69) is 15.9 Å². The highest BCUT2D eigenvalue weighted by atomic mass is 79.9. The Hall–Kier alpha value is -2.54. The van der Waals surface area contributed by atoms with Crippen molar-refractivity contribution in [2.45, 2.75) is 38.3 Å². The van der Waals surface area contributed by atoms with E-state index < -0.39 is 6.10 Å². The fraction of sp³-hybridized carbons (Fsp3) is 0.391. The van der Waals surface area contributed by atoms with E-state index in [0.717, 1.165) is 34.3 Å². The molecule has 0 N–H and O–H groups in total. The number of para-hydroxylation sites is 2. The largest absolute Gasteiger partial charge is 0.496 e. The first-order valence-corrected chi connectivity index (χ1v) is 11.0. The number of nitrogens with zero attached hydrogens (tertiary/aromatic N) is 2. The molecule has 0 radical (unpaired) electrons.